The molecule has 0 aromatic heterocycles. The third-order valence-electron chi connectivity index (χ3n) is 3.73. The van der Waals surface area contributed by atoms with Crippen LogP contribution in [0.5, 0.6) is 0 Å². The van der Waals surface area contributed by atoms with Crippen LogP contribution in [0, 0.1) is 5.92 Å². The van der Waals surface area contributed by atoms with E-state index in [1.807, 2.05) is 0 Å². The summed E-state index contributed by atoms with van der Waals surface area (Å²) in [6, 6.07) is 6.93. The lowest BCUT2D eigenvalue weighted by Gasteiger charge is -2.20. The molecule has 8 heteroatoms. The van der Waals surface area contributed by atoms with Crippen LogP contribution in [0.25, 0.3) is 0 Å². The van der Waals surface area contributed by atoms with Crippen molar-refractivity contribution in [3.8, 4) is 0 Å². The van der Waals surface area contributed by atoms with Crippen LogP contribution in [0.1, 0.15) is 27.2 Å². The van der Waals surface area contributed by atoms with Crippen molar-refractivity contribution in [3.05, 3.63) is 29.3 Å². The molecule has 7 nitrogen and oxygen atoms in total. The van der Waals surface area contributed by atoms with E-state index in [1.165, 1.54) is 0 Å². The Morgan fingerprint density at radius 1 is 1.19 bits per heavy atom. The minimum Gasteiger partial charge on any atom is -0.444 e. The Bertz CT molecular complexity index is 670. The Morgan fingerprint density at radius 3 is 2.42 bits per heavy atom. The molecule has 0 spiro atoms. The molecule has 1 saturated heterocycles. The third kappa shape index (κ3) is 5.91. The van der Waals surface area contributed by atoms with Crippen LogP contribution in [-0.4, -0.2) is 43.1 Å². The minimum atomic E-state index is -0.567. The molecule has 2 N–H and O–H groups in total. The van der Waals surface area contributed by atoms with Crippen molar-refractivity contribution in [2.24, 2.45) is 5.92 Å². The molecule has 0 saturated carbocycles. The molecule has 0 radical (unpaired) electrons. The van der Waals surface area contributed by atoms with Crippen molar-refractivity contribution in [2.45, 2.75) is 32.8 Å². The van der Waals surface area contributed by atoms with Crippen LogP contribution in [0.3, 0.4) is 0 Å². The molecular formula is C18H24ClN3O4. The first kappa shape index (κ1) is 20.0. The fraction of sp³-hybridized carbons (Fsp3) is 0.500. The topological polar surface area (TPSA) is 87.7 Å². The highest BCUT2D eigenvalue weighted by Crippen LogP contribution is 2.26. The first-order valence-electron chi connectivity index (χ1n) is 8.46. The van der Waals surface area contributed by atoms with E-state index in [-0.39, 0.29) is 31.3 Å². The average molecular weight is 382 g/mol. The molecule has 0 aliphatic carbocycles. The highest BCUT2D eigenvalue weighted by molar-refractivity contribution is 6.30. The number of hydrogen-bond donors (Lipinski definition) is 2. The summed E-state index contributed by atoms with van der Waals surface area (Å²) < 4.78 is 5.11. The summed E-state index contributed by atoms with van der Waals surface area (Å²) in [4.78, 5) is 37.5. The monoisotopic (exact) mass is 381 g/mol. The van der Waals surface area contributed by atoms with Crippen LogP contribution in [0.2, 0.25) is 5.02 Å². The lowest BCUT2D eigenvalue weighted by Crippen LogP contribution is -2.40. The number of hydrogen-bond acceptors (Lipinski definition) is 4. The summed E-state index contributed by atoms with van der Waals surface area (Å²) >= 11 is 5.86. The fourth-order valence-electron chi connectivity index (χ4n) is 2.56. The molecular weight excluding hydrogens is 358 g/mol. The van der Waals surface area contributed by atoms with Crippen molar-refractivity contribution >= 4 is 35.2 Å². The maximum atomic E-state index is 12.2. The number of anilines is 1. The van der Waals surface area contributed by atoms with E-state index in [2.05, 4.69) is 10.6 Å². The molecule has 1 heterocycles. The zero-order valence-electron chi connectivity index (χ0n) is 15.2. The second kappa shape index (κ2) is 8.40. The van der Waals surface area contributed by atoms with Crippen molar-refractivity contribution in [3.63, 3.8) is 0 Å². The molecule has 1 aromatic carbocycles. The highest BCUT2D eigenvalue weighted by atomic mass is 35.5. The number of nitrogens with zero attached hydrogens (tertiary/aromatic N) is 1. The van der Waals surface area contributed by atoms with Crippen LogP contribution in [0.15, 0.2) is 24.3 Å². The van der Waals surface area contributed by atoms with Crippen LogP contribution >= 0.6 is 11.6 Å². The van der Waals surface area contributed by atoms with Gasteiger partial charge in [0, 0.05) is 36.8 Å². The molecule has 2 rings (SSSR count). The minimum absolute atomic E-state index is 0.0978. The zero-order chi connectivity index (χ0) is 19.3. The van der Waals surface area contributed by atoms with E-state index >= 15 is 0 Å². The van der Waals surface area contributed by atoms with Gasteiger partial charge in [0.2, 0.25) is 11.8 Å². The summed E-state index contributed by atoms with van der Waals surface area (Å²) in [6.45, 7) is 6.17. The first-order valence-corrected chi connectivity index (χ1v) is 8.84. The lowest BCUT2D eigenvalue weighted by atomic mass is 10.1. The molecule has 1 aliphatic heterocycles. The second-order valence-electron chi connectivity index (χ2n) is 7.10. The Morgan fingerprint density at radius 2 is 1.81 bits per heavy atom. The molecule has 1 unspecified atom stereocenters. The molecule has 1 aromatic rings. The van der Waals surface area contributed by atoms with E-state index in [0.717, 1.165) is 5.69 Å². The van der Waals surface area contributed by atoms with E-state index in [4.69, 9.17) is 16.3 Å². The normalized spacial score (nSPS) is 17.2. The van der Waals surface area contributed by atoms with Gasteiger partial charge in [-0.15, -0.1) is 0 Å². The summed E-state index contributed by atoms with van der Waals surface area (Å²) in [5.74, 6) is -0.722. The van der Waals surface area contributed by atoms with Gasteiger partial charge < -0.3 is 20.3 Å². The summed E-state index contributed by atoms with van der Waals surface area (Å²) in [7, 11) is 0. The molecule has 26 heavy (non-hydrogen) atoms. The van der Waals surface area contributed by atoms with E-state index < -0.39 is 17.6 Å². The number of amides is 3. The first-order chi connectivity index (χ1) is 12.2. The summed E-state index contributed by atoms with van der Waals surface area (Å²) in [5, 5.41) is 5.89. The Hall–Kier alpha value is -2.28. The molecule has 1 fully saturated rings. The highest BCUT2D eigenvalue weighted by Gasteiger charge is 2.34. The van der Waals surface area contributed by atoms with E-state index in [1.54, 1.807) is 49.9 Å². The van der Waals surface area contributed by atoms with Crippen LogP contribution in [-0.2, 0) is 14.3 Å². The molecule has 1 aliphatic rings. The van der Waals surface area contributed by atoms with Gasteiger partial charge in [0.05, 0.1) is 5.92 Å². The number of carbonyl (C=O) groups is 3. The zero-order valence-corrected chi connectivity index (χ0v) is 15.9. The van der Waals surface area contributed by atoms with Gasteiger partial charge in [0.15, 0.2) is 0 Å². The number of ether oxygens (including phenoxy) is 1. The number of rotatable bonds is 5. The SMILES string of the molecule is CC(C)(C)OC(=O)NCCNC(=O)C1CC(=O)N(c2ccc(Cl)cc2)C1. The van der Waals surface area contributed by atoms with E-state index in [0.29, 0.717) is 11.6 Å². The maximum absolute atomic E-state index is 12.2. The Balaban J connectivity index is 1.76. The quantitative estimate of drug-likeness (QED) is 0.766. The largest absolute Gasteiger partial charge is 0.444 e. The predicted octanol–water partition coefficient (Wildman–Crippen LogP) is 2.33. The molecule has 3 amide bonds. The smallest absolute Gasteiger partial charge is 0.407 e. The number of nitrogens with one attached hydrogen (secondary N) is 2. The number of halogens is 1. The maximum Gasteiger partial charge on any atom is 0.407 e. The summed E-state index contributed by atoms with van der Waals surface area (Å²) in [6.07, 6.45) is -0.370. The summed E-state index contributed by atoms with van der Waals surface area (Å²) in [5.41, 5.74) is 0.157. The number of carbonyl (C=O) groups excluding carboxylic acids is 3. The van der Waals surface area contributed by atoms with Gasteiger partial charge in [-0.05, 0) is 45.0 Å². The van der Waals surface area contributed by atoms with Gasteiger partial charge in [-0.1, -0.05) is 11.6 Å². The molecule has 142 valence electrons. The average Bonchev–Trinajstić information content (AvgIpc) is 2.92. The van der Waals surface area contributed by atoms with Gasteiger partial charge in [0.25, 0.3) is 0 Å². The van der Waals surface area contributed by atoms with Gasteiger partial charge >= 0.3 is 6.09 Å². The molecule has 1 atom stereocenters. The number of benzene rings is 1. The van der Waals surface area contributed by atoms with Crippen LogP contribution < -0.4 is 15.5 Å². The number of alkyl carbamates (subject to hydrolysis) is 1. The third-order valence-corrected chi connectivity index (χ3v) is 3.98. The Kier molecular flexibility index (Phi) is 6.47. The van der Waals surface area contributed by atoms with Gasteiger partial charge in [-0.25, -0.2) is 4.79 Å². The van der Waals surface area contributed by atoms with E-state index in [9.17, 15) is 14.4 Å². The molecule has 0 bridgehead atoms. The van der Waals surface area contributed by atoms with Crippen molar-refractivity contribution in [2.75, 3.05) is 24.5 Å². The fourth-order valence-corrected chi connectivity index (χ4v) is 2.69. The van der Waals surface area contributed by atoms with Gasteiger partial charge in [-0.2, -0.15) is 0 Å². The van der Waals surface area contributed by atoms with Crippen molar-refractivity contribution in [1.29, 1.82) is 0 Å². The van der Waals surface area contributed by atoms with Crippen molar-refractivity contribution < 1.29 is 19.1 Å². The van der Waals surface area contributed by atoms with Gasteiger partial charge in [-0.3, -0.25) is 9.59 Å². The second-order valence-corrected chi connectivity index (χ2v) is 7.54. The Labute approximate surface area is 158 Å². The van der Waals surface area contributed by atoms with Gasteiger partial charge in [0.1, 0.15) is 5.60 Å². The van der Waals surface area contributed by atoms with Crippen molar-refractivity contribution in [1.82, 2.24) is 10.6 Å². The predicted molar refractivity (Wildman–Crippen MR) is 99.2 cm³/mol. The lowest BCUT2D eigenvalue weighted by molar-refractivity contribution is -0.126. The standard InChI is InChI=1S/C18H24ClN3O4/c1-18(2,3)26-17(25)21-9-8-20-16(24)12-10-15(23)22(11-12)14-6-4-13(19)5-7-14/h4-7,12H,8-11H2,1-3H3,(H,20,24)(H,21,25). The van der Waals surface area contributed by atoms with Crippen LogP contribution in [0.4, 0.5) is 10.5 Å².